The van der Waals surface area contributed by atoms with Crippen molar-refractivity contribution in [2.24, 2.45) is 0 Å². The molecule has 0 amide bonds. The summed E-state index contributed by atoms with van der Waals surface area (Å²) in [7, 11) is 1.41. The largest absolute Gasteiger partial charge is 0.490 e. The summed E-state index contributed by atoms with van der Waals surface area (Å²) in [5.41, 5.74) is 3.28. The molecule has 0 bridgehead atoms. The van der Waals surface area contributed by atoms with E-state index in [9.17, 15) is 4.79 Å². The first-order chi connectivity index (χ1) is 16.1. The number of benzene rings is 3. The minimum atomic E-state index is -0.958. The van der Waals surface area contributed by atoms with E-state index in [0.717, 1.165) is 42.7 Å². The molecule has 3 atom stereocenters. The van der Waals surface area contributed by atoms with E-state index >= 15 is 0 Å². The smallest absolute Gasteiger partial charge is 0.333 e. The minimum Gasteiger partial charge on any atom is -0.490 e. The molecule has 3 aromatic carbocycles. The van der Waals surface area contributed by atoms with Crippen LogP contribution < -0.4 is 9.47 Å². The van der Waals surface area contributed by atoms with Crippen molar-refractivity contribution in [1.29, 1.82) is 0 Å². The normalized spacial score (nSPS) is 18.9. The first kappa shape index (κ1) is 22.9. The zero-order valence-electron chi connectivity index (χ0n) is 18.9. The first-order valence-corrected chi connectivity index (χ1v) is 11.4. The van der Waals surface area contributed by atoms with Crippen LogP contribution in [0, 0.1) is 0 Å². The number of aliphatic carboxylic acids is 1. The number of carboxylic acid groups (broad SMARTS) is 1. The van der Waals surface area contributed by atoms with Crippen LogP contribution >= 0.6 is 0 Å². The van der Waals surface area contributed by atoms with E-state index in [1.807, 2.05) is 54.6 Å². The standard InChI is InChI=1S/C28H30O5/c1-31-27(28(29)30)18-20-10-14-23(15-11-20)32-25-8-5-9-26(19-25)33-24-16-12-22(13-17-24)21-6-3-2-4-7-21/h2-4,6-7,10-17,25-27H,5,8-9,18-19H2,1H3,(H,29,30)/t25-,26+,27-/m0/s1. The van der Waals surface area contributed by atoms with Crippen LogP contribution in [0.4, 0.5) is 0 Å². The highest BCUT2D eigenvalue weighted by Crippen LogP contribution is 2.29. The molecule has 172 valence electrons. The maximum Gasteiger partial charge on any atom is 0.333 e. The molecular formula is C28H30O5. The summed E-state index contributed by atoms with van der Waals surface area (Å²) < 4.78 is 17.5. The Labute approximate surface area is 194 Å². The van der Waals surface area contributed by atoms with Gasteiger partial charge in [-0.25, -0.2) is 4.79 Å². The lowest BCUT2D eigenvalue weighted by Crippen LogP contribution is -2.32. The molecule has 1 saturated carbocycles. The molecule has 5 heteroatoms. The molecule has 1 aliphatic rings. The van der Waals surface area contributed by atoms with Crippen molar-refractivity contribution in [3.63, 3.8) is 0 Å². The van der Waals surface area contributed by atoms with Crippen molar-refractivity contribution in [2.45, 2.75) is 50.4 Å². The Bertz CT molecular complexity index is 1010. The van der Waals surface area contributed by atoms with E-state index in [2.05, 4.69) is 24.3 Å². The van der Waals surface area contributed by atoms with Crippen LogP contribution in [0.3, 0.4) is 0 Å². The van der Waals surface area contributed by atoms with Crippen LogP contribution in [0.25, 0.3) is 11.1 Å². The Morgan fingerprint density at radius 2 is 1.39 bits per heavy atom. The molecule has 5 nitrogen and oxygen atoms in total. The number of hydrogen-bond acceptors (Lipinski definition) is 4. The fraction of sp³-hybridized carbons (Fsp3) is 0.321. The average molecular weight is 447 g/mol. The lowest BCUT2D eigenvalue weighted by molar-refractivity contribution is -0.148. The topological polar surface area (TPSA) is 65.0 Å². The van der Waals surface area contributed by atoms with Crippen LogP contribution in [0.1, 0.15) is 31.2 Å². The van der Waals surface area contributed by atoms with Crippen molar-refractivity contribution in [3.05, 3.63) is 84.4 Å². The van der Waals surface area contributed by atoms with Gasteiger partial charge in [-0.05, 0) is 60.2 Å². The average Bonchev–Trinajstić information content (AvgIpc) is 2.84. The Balaban J connectivity index is 1.30. The molecule has 0 radical (unpaired) electrons. The van der Waals surface area contributed by atoms with Gasteiger partial charge >= 0.3 is 5.97 Å². The SMILES string of the molecule is CO[C@@H](Cc1ccc(O[C@H]2CCC[C@@H](Oc3ccc(-c4ccccc4)cc3)C2)cc1)C(=O)O. The highest BCUT2D eigenvalue weighted by atomic mass is 16.5. The van der Waals surface area contributed by atoms with Crippen LogP contribution in [0.5, 0.6) is 11.5 Å². The van der Waals surface area contributed by atoms with Gasteiger partial charge < -0.3 is 19.3 Å². The molecule has 33 heavy (non-hydrogen) atoms. The number of hydrogen-bond donors (Lipinski definition) is 1. The summed E-state index contributed by atoms with van der Waals surface area (Å²) in [5, 5.41) is 9.14. The molecule has 0 spiro atoms. The van der Waals surface area contributed by atoms with Crippen LogP contribution in [-0.2, 0) is 16.0 Å². The van der Waals surface area contributed by atoms with Gasteiger partial charge in [-0.2, -0.15) is 0 Å². The van der Waals surface area contributed by atoms with Crippen LogP contribution in [0.2, 0.25) is 0 Å². The predicted octanol–water partition coefficient (Wildman–Crippen LogP) is 5.76. The van der Waals surface area contributed by atoms with E-state index < -0.39 is 12.1 Å². The first-order valence-electron chi connectivity index (χ1n) is 11.4. The van der Waals surface area contributed by atoms with E-state index in [-0.39, 0.29) is 12.2 Å². The van der Waals surface area contributed by atoms with Crippen molar-refractivity contribution in [3.8, 4) is 22.6 Å². The fourth-order valence-corrected chi connectivity index (χ4v) is 4.25. The van der Waals surface area contributed by atoms with Crippen LogP contribution in [0.15, 0.2) is 78.9 Å². The molecule has 0 heterocycles. The highest BCUT2D eigenvalue weighted by molar-refractivity contribution is 5.72. The zero-order valence-corrected chi connectivity index (χ0v) is 18.9. The minimum absolute atomic E-state index is 0.101. The second-order valence-electron chi connectivity index (χ2n) is 8.45. The van der Waals surface area contributed by atoms with Gasteiger partial charge in [0.2, 0.25) is 0 Å². The van der Waals surface area contributed by atoms with E-state index in [1.54, 1.807) is 0 Å². The molecule has 0 saturated heterocycles. The maximum atomic E-state index is 11.1. The summed E-state index contributed by atoms with van der Waals surface area (Å²) in [6.45, 7) is 0. The lowest BCUT2D eigenvalue weighted by atomic mass is 9.94. The third-order valence-electron chi connectivity index (χ3n) is 6.05. The summed E-state index contributed by atoms with van der Waals surface area (Å²) >= 11 is 0. The molecule has 0 unspecified atom stereocenters. The van der Waals surface area contributed by atoms with Crippen LogP contribution in [-0.4, -0.2) is 36.5 Å². The van der Waals surface area contributed by atoms with E-state index in [4.69, 9.17) is 19.3 Å². The second-order valence-corrected chi connectivity index (χ2v) is 8.45. The molecule has 3 aromatic rings. The molecule has 0 aromatic heterocycles. The van der Waals surface area contributed by atoms with Gasteiger partial charge in [-0.3, -0.25) is 0 Å². The Hall–Kier alpha value is -3.31. The summed E-state index contributed by atoms with van der Waals surface area (Å²) in [5.74, 6) is 0.720. The molecule has 0 aliphatic heterocycles. The van der Waals surface area contributed by atoms with Gasteiger partial charge in [0.05, 0.1) is 0 Å². The third kappa shape index (κ3) is 6.36. The zero-order chi connectivity index (χ0) is 23.0. The Morgan fingerprint density at radius 3 is 1.94 bits per heavy atom. The van der Waals surface area contributed by atoms with E-state index in [1.165, 1.54) is 18.2 Å². The Morgan fingerprint density at radius 1 is 0.848 bits per heavy atom. The molecule has 1 aliphatic carbocycles. The van der Waals surface area contributed by atoms with Gasteiger partial charge in [0.1, 0.15) is 23.7 Å². The van der Waals surface area contributed by atoms with Crippen molar-refractivity contribution in [1.82, 2.24) is 0 Å². The number of carbonyl (C=O) groups is 1. The number of ether oxygens (including phenoxy) is 3. The summed E-state index contributed by atoms with van der Waals surface area (Å²) in [4.78, 5) is 11.1. The van der Waals surface area contributed by atoms with Gasteiger partial charge in [-0.15, -0.1) is 0 Å². The highest BCUT2D eigenvalue weighted by Gasteiger charge is 2.25. The maximum absolute atomic E-state index is 11.1. The third-order valence-corrected chi connectivity index (χ3v) is 6.05. The summed E-state index contributed by atoms with van der Waals surface area (Å²) in [6, 6.07) is 26.2. The van der Waals surface area contributed by atoms with Gasteiger partial charge in [0.15, 0.2) is 6.10 Å². The van der Waals surface area contributed by atoms with Gasteiger partial charge in [0, 0.05) is 20.0 Å². The molecule has 1 N–H and O–H groups in total. The van der Waals surface area contributed by atoms with Gasteiger partial charge in [-0.1, -0.05) is 54.6 Å². The van der Waals surface area contributed by atoms with Crippen molar-refractivity contribution >= 4 is 5.97 Å². The second kappa shape index (κ2) is 11.0. The quantitative estimate of drug-likeness (QED) is 0.452. The predicted molar refractivity (Wildman–Crippen MR) is 128 cm³/mol. The molecule has 4 rings (SSSR count). The fourth-order valence-electron chi connectivity index (χ4n) is 4.25. The van der Waals surface area contributed by atoms with E-state index in [0.29, 0.717) is 6.42 Å². The number of carboxylic acids is 1. The molecular weight excluding hydrogens is 416 g/mol. The monoisotopic (exact) mass is 446 g/mol. The van der Waals surface area contributed by atoms with Gasteiger partial charge in [0.25, 0.3) is 0 Å². The van der Waals surface area contributed by atoms with Crippen molar-refractivity contribution in [2.75, 3.05) is 7.11 Å². The number of rotatable bonds is 9. The number of methoxy groups -OCH3 is 1. The molecule has 1 fully saturated rings. The Kier molecular flexibility index (Phi) is 7.63. The summed E-state index contributed by atoms with van der Waals surface area (Å²) in [6.07, 6.45) is 3.64. The van der Waals surface area contributed by atoms with Crippen molar-refractivity contribution < 1.29 is 24.1 Å². The lowest BCUT2D eigenvalue weighted by Gasteiger charge is -2.30.